The highest BCUT2D eigenvalue weighted by Gasteiger charge is 2.21. The normalized spacial score (nSPS) is 14.7. The Kier molecular flexibility index (Phi) is 8.47. The van der Waals surface area contributed by atoms with Gasteiger partial charge in [-0.3, -0.25) is 14.5 Å². The van der Waals surface area contributed by atoms with Crippen molar-refractivity contribution in [3.63, 3.8) is 0 Å². The van der Waals surface area contributed by atoms with Crippen molar-refractivity contribution in [1.82, 2.24) is 15.1 Å². The molecule has 166 valence electrons. The molecule has 0 aromatic heterocycles. The number of hydrogen-bond acceptors (Lipinski definition) is 4. The number of carbonyl (C=O) groups is 2. The fraction of sp³-hybridized carbons (Fsp3) is 0.440. The molecule has 1 N–H and O–H groups in total. The van der Waals surface area contributed by atoms with E-state index in [0.717, 1.165) is 50.1 Å². The fourth-order valence-corrected chi connectivity index (χ4v) is 3.91. The highest BCUT2D eigenvalue weighted by Crippen LogP contribution is 2.12. The molecule has 3 rings (SSSR count). The van der Waals surface area contributed by atoms with Crippen molar-refractivity contribution >= 4 is 17.5 Å². The van der Waals surface area contributed by atoms with Crippen LogP contribution in [0.1, 0.15) is 28.8 Å². The van der Waals surface area contributed by atoms with Gasteiger partial charge in [-0.2, -0.15) is 0 Å². The van der Waals surface area contributed by atoms with Crippen molar-refractivity contribution in [2.24, 2.45) is 0 Å². The van der Waals surface area contributed by atoms with Gasteiger partial charge >= 0.3 is 0 Å². The van der Waals surface area contributed by atoms with E-state index in [4.69, 9.17) is 0 Å². The zero-order valence-electron chi connectivity index (χ0n) is 18.7. The summed E-state index contributed by atoms with van der Waals surface area (Å²) >= 11 is 0. The predicted molar refractivity (Wildman–Crippen MR) is 125 cm³/mol. The van der Waals surface area contributed by atoms with Gasteiger partial charge in [-0.05, 0) is 44.0 Å². The molecule has 0 spiro atoms. The van der Waals surface area contributed by atoms with Gasteiger partial charge in [0.25, 0.3) is 5.91 Å². The summed E-state index contributed by atoms with van der Waals surface area (Å²) in [5.41, 5.74) is 3.02. The zero-order valence-corrected chi connectivity index (χ0v) is 18.7. The summed E-state index contributed by atoms with van der Waals surface area (Å²) in [6, 6.07) is 18.0. The van der Waals surface area contributed by atoms with Crippen LogP contribution in [0.3, 0.4) is 0 Å². The summed E-state index contributed by atoms with van der Waals surface area (Å²) in [7, 11) is 2.07. The first-order valence-electron chi connectivity index (χ1n) is 11.1. The highest BCUT2D eigenvalue weighted by atomic mass is 16.2. The third-order valence-electron chi connectivity index (χ3n) is 5.70. The molecule has 2 aromatic carbocycles. The molecule has 1 saturated heterocycles. The van der Waals surface area contributed by atoms with Crippen molar-refractivity contribution < 1.29 is 9.59 Å². The van der Waals surface area contributed by atoms with E-state index in [0.29, 0.717) is 19.6 Å². The average Bonchev–Trinajstić information content (AvgIpc) is 3.02. The first kappa shape index (κ1) is 22.8. The molecule has 2 aromatic rings. The second-order valence-electron chi connectivity index (χ2n) is 8.25. The minimum Gasteiger partial charge on any atom is -0.375 e. The Labute approximate surface area is 185 Å². The third-order valence-corrected chi connectivity index (χ3v) is 5.70. The summed E-state index contributed by atoms with van der Waals surface area (Å²) in [4.78, 5) is 31.4. The third kappa shape index (κ3) is 7.10. The van der Waals surface area contributed by atoms with Crippen molar-refractivity contribution in [3.05, 3.63) is 65.7 Å². The monoisotopic (exact) mass is 422 g/mol. The first-order valence-corrected chi connectivity index (χ1v) is 11.1. The number of hydrogen-bond donors (Lipinski definition) is 1. The maximum Gasteiger partial charge on any atom is 0.253 e. The fourth-order valence-electron chi connectivity index (χ4n) is 3.91. The Morgan fingerprint density at radius 1 is 1.00 bits per heavy atom. The zero-order chi connectivity index (χ0) is 22.1. The lowest BCUT2D eigenvalue weighted by molar-refractivity contribution is -0.122. The van der Waals surface area contributed by atoms with Crippen LogP contribution in [0.2, 0.25) is 0 Å². The Hall–Kier alpha value is -2.86. The molecule has 1 heterocycles. The number of para-hydroxylation sites is 1. The van der Waals surface area contributed by atoms with Gasteiger partial charge in [-0.1, -0.05) is 35.9 Å². The van der Waals surface area contributed by atoms with E-state index in [9.17, 15) is 9.59 Å². The van der Waals surface area contributed by atoms with Gasteiger partial charge in [0.2, 0.25) is 5.91 Å². The lowest BCUT2D eigenvalue weighted by Crippen LogP contribution is -2.40. The van der Waals surface area contributed by atoms with Crippen LogP contribution in [0.5, 0.6) is 0 Å². The summed E-state index contributed by atoms with van der Waals surface area (Å²) < 4.78 is 0. The number of rotatable bonds is 8. The number of amides is 2. The van der Waals surface area contributed by atoms with Crippen LogP contribution in [0.25, 0.3) is 0 Å². The molecule has 0 radical (unpaired) electrons. The number of aryl methyl sites for hydroxylation is 1. The molecule has 31 heavy (non-hydrogen) atoms. The maximum atomic E-state index is 12.8. The Morgan fingerprint density at radius 2 is 1.81 bits per heavy atom. The van der Waals surface area contributed by atoms with Gasteiger partial charge in [0.05, 0.1) is 6.54 Å². The molecule has 6 heteroatoms. The van der Waals surface area contributed by atoms with Crippen LogP contribution in [0, 0.1) is 6.92 Å². The quantitative estimate of drug-likeness (QED) is 0.665. The van der Waals surface area contributed by atoms with Crippen LogP contribution in [-0.4, -0.2) is 74.5 Å². The standard InChI is InChI=1S/C25H34N4O2/c1-21-9-6-10-22(19-21)25(31)29-16-8-15-28(17-18-29)20-24(30)26-13-7-14-27(2)23-11-4-3-5-12-23/h3-6,9-12,19H,7-8,13-18,20H2,1-2H3,(H,26,30). The van der Waals surface area contributed by atoms with E-state index in [1.54, 1.807) is 0 Å². The maximum absolute atomic E-state index is 12.8. The van der Waals surface area contributed by atoms with Crippen molar-refractivity contribution in [3.8, 4) is 0 Å². The van der Waals surface area contributed by atoms with Gasteiger partial charge < -0.3 is 15.1 Å². The number of benzene rings is 2. The van der Waals surface area contributed by atoms with Crippen LogP contribution >= 0.6 is 0 Å². The van der Waals surface area contributed by atoms with Crippen molar-refractivity contribution in [2.75, 3.05) is 57.8 Å². The van der Waals surface area contributed by atoms with Crippen LogP contribution in [-0.2, 0) is 4.79 Å². The topological polar surface area (TPSA) is 55.9 Å². The molecule has 2 amide bonds. The molecule has 1 fully saturated rings. The van der Waals surface area contributed by atoms with Crippen molar-refractivity contribution in [2.45, 2.75) is 19.8 Å². The molecule has 0 unspecified atom stereocenters. The first-order chi connectivity index (χ1) is 15.0. The minimum atomic E-state index is 0.0563. The Bertz CT molecular complexity index is 856. The highest BCUT2D eigenvalue weighted by molar-refractivity contribution is 5.94. The largest absolute Gasteiger partial charge is 0.375 e. The van der Waals surface area contributed by atoms with Gasteiger partial charge in [-0.25, -0.2) is 0 Å². The molecule has 0 bridgehead atoms. The summed E-state index contributed by atoms with van der Waals surface area (Å²) in [6.45, 7) is 6.90. The second kappa shape index (κ2) is 11.5. The number of carbonyl (C=O) groups excluding carboxylic acids is 2. The van der Waals surface area contributed by atoms with Gasteiger partial charge in [0, 0.05) is 57.6 Å². The Morgan fingerprint density at radius 3 is 2.58 bits per heavy atom. The van der Waals surface area contributed by atoms with Crippen LogP contribution < -0.4 is 10.2 Å². The molecule has 0 aliphatic carbocycles. The lowest BCUT2D eigenvalue weighted by Gasteiger charge is -2.22. The molecule has 0 atom stereocenters. The Balaban J connectivity index is 1.36. The molecule has 6 nitrogen and oxygen atoms in total. The number of anilines is 1. The van der Waals surface area contributed by atoms with E-state index in [1.165, 1.54) is 5.69 Å². The van der Waals surface area contributed by atoms with E-state index in [-0.39, 0.29) is 11.8 Å². The molecular weight excluding hydrogens is 388 g/mol. The number of nitrogens with one attached hydrogen (secondary N) is 1. The van der Waals surface area contributed by atoms with Gasteiger partial charge in [0.1, 0.15) is 0 Å². The van der Waals surface area contributed by atoms with Gasteiger partial charge in [0.15, 0.2) is 0 Å². The summed E-state index contributed by atoms with van der Waals surface area (Å²) in [5, 5.41) is 3.04. The van der Waals surface area contributed by atoms with Gasteiger partial charge in [-0.15, -0.1) is 0 Å². The van der Waals surface area contributed by atoms with E-state index < -0.39 is 0 Å². The molecule has 1 aliphatic rings. The lowest BCUT2D eigenvalue weighted by atomic mass is 10.1. The van der Waals surface area contributed by atoms with E-state index >= 15 is 0 Å². The van der Waals surface area contributed by atoms with E-state index in [1.807, 2.05) is 54.3 Å². The van der Waals surface area contributed by atoms with Crippen molar-refractivity contribution in [1.29, 1.82) is 0 Å². The second-order valence-corrected chi connectivity index (χ2v) is 8.25. The SMILES string of the molecule is Cc1cccc(C(=O)N2CCCN(CC(=O)NCCCN(C)c3ccccc3)CC2)c1. The number of nitrogens with zero attached hydrogens (tertiary/aromatic N) is 3. The summed E-state index contributed by atoms with van der Waals surface area (Å²) in [6.07, 6.45) is 1.78. The van der Waals surface area contributed by atoms with E-state index in [2.05, 4.69) is 34.3 Å². The predicted octanol–water partition coefficient (Wildman–Crippen LogP) is 2.79. The molecule has 0 saturated carbocycles. The molecule has 1 aliphatic heterocycles. The summed E-state index contributed by atoms with van der Waals surface area (Å²) in [5.74, 6) is 0.137. The van der Waals surface area contributed by atoms with Crippen LogP contribution in [0.4, 0.5) is 5.69 Å². The smallest absolute Gasteiger partial charge is 0.253 e. The molecular formula is C25H34N4O2. The van der Waals surface area contributed by atoms with Crippen LogP contribution in [0.15, 0.2) is 54.6 Å². The minimum absolute atomic E-state index is 0.0563. The average molecular weight is 423 g/mol.